The summed E-state index contributed by atoms with van der Waals surface area (Å²) in [5, 5.41) is 1.72. The van der Waals surface area contributed by atoms with Crippen LogP contribution in [0.1, 0.15) is 22.6 Å². The lowest BCUT2D eigenvalue weighted by Gasteiger charge is -2.25. The van der Waals surface area contributed by atoms with Gasteiger partial charge in [-0.15, -0.1) is 0 Å². The van der Waals surface area contributed by atoms with Gasteiger partial charge in [-0.2, -0.15) is 0 Å². The zero-order valence-corrected chi connectivity index (χ0v) is 15.0. The highest BCUT2D eigenvalue weighted by molar-refractivity contribution is 6.35. The molecule has 0 bridgehead atoms. The summed E-state index contributed by atoms with van der Waals surface area (Å²) in [4.78, 5) is 3.32. The van der Waals surface area contributed by atoms with Gasteiger partial charge in [0.1, 0.15) is 17.3 Å². The van der Waals surface area contributed by atoms with E-state index in [0.717, 1.165) is 33.3 Å². The van der Waals surface area contributed by atoms with Crippen molar-refractivity contribution in [1.29, 1.82) is 0 Å². The summed E-state index contributed by atoms with van der Waals surface area (Å²) in [6.07, 6.45) is 4.07. The van der Waals surface area contributed by atoms with E-state index in [1.165, 1.54) is 12.1 Å². The van der Waals surface area contributed by atoms with Crippen molar-refractivity contribution >= 4 is 28.3 Å². The lowest BCUT2D eigenvalue weighted by atomic mass is 9.87. The van der Waals surface area contributed by atoms with E-state index in [-0.39, 0.29) is 11.7 Å². The molecule has 1 aromatic heterocycles. The summed E-state index contributed by atoms with van der Waals surface area (Å²) in [5.41, 5.74) is 4.00. The van der Waals surface area contributed by atoms with Crippen molar-refractivity contribution in [3.8, 4) is 5.75 Å². The quantitative estimate of drug-likeness (QED) is 0.423. The summed E-state index contributed by atoms with van der Waals surface area (Å²) < 4.78 is 19.5. The smallest absolute Gasteiger partial charge is 0.131 e. The summed E-state index contributed by atoms with van der Waals surface area (Å²) in [6.45, 7) is 0. The molecule has 2 nitrogen and oxygen atoms in total. The third kappa shape index (κ3) is 2.71. The van der Waals surface area contributed by atoms with Crippen LogP contribution in [-0.4, -0.2) is 4.98 Å². The third-order valence-electron chi connectivity index (χ3n) is 4.94. The Morgan fingerprint density at radius 1 is 0.889 bits per heavy atom. The molecule has 0 saturated carbocycles. The molecule has 0 saturated heterocycles. The van der Waals surface area contributed by atoms with Crippen LogP contribution < -0.4 is 4.74 Å². The second-order valence-electron chi connectivity index (χ2n) is 6.56. The van der Waals surface area contributed by atoms with Crippen LogP contribution in [0.4, 0.5) is 4.39 Å². The number of nitrogens with one attached hydrogen (secondary N) is 1. The van der Waals surface area contributed by atoms with Crippen LogP contribution in [0.15, 0.2) is 79.0 Å². The predicted molar refractivity (Wildman–Crippen MR) is 107 cm³/mol. The van der Waals surface area contributed by atoms with Crippen molar-refractivity contribution in [3.05, 3.63) is 107 Å². The van der Waals surface area contributed by atoms with Crippen molar-refractivity contribution in [2.24, 2.45) is 0 Å². The van der Waals surface area contributed by atoms with Gasteiger partial charge in [-0.3, -0.25) is 0 Å². The highest BCUT2D eigenvalue weighted by Gasteiger charge is 2.26. The maximum atomic E-state index is 13.3. The molecule has 3 aromatic carbocycles. The van der Waals surface area contributed by atoms with Gasteiger partial charge in [-0.05, 0) is 54.1 Å². The molecule has 1 atom stereocenters. The molecule has 0 fully saturated rings. The molecule has 27 heavy (non-hydrogen) atoms. The molecule has 0 spiro atoms. The van der Waals surface area contributed by atoms with E-state index >= 15 is 0 Å². The normalized spacial score (nSPS) is 15.9. The molecule has 2 heterocycles. The molecule has 4 heteroatoms. The first-order valence-electron chi connectivity index (χ1n) is 8.71. The molecule has 0 radical (unpaired) electrons. The van der Waals surface area contributed by atoms with Gasteiger partial charge >= 0.3 is 0 Å². The molecule has 1 N–H and O–H groups in total. The van der Waals surface area contributed by atoms with Crippen LogP contribution in [-0.2, 0) is 0 Å². The molecule has 1 aliphatic rings. The zero-order chi connectivity index (χ0) is 18.4. The molecular weight excluding hydrogens is 361 g/mol. The van der Waals surface area contributed by atoms with E-state index in [4.69, 9.17) is 16.3 Å². The van der Waals surface area contributed by atoms with Crippen molar-refractivity contribution in [2.75, 3.05) is 0 Å². The molecule has 5 rings (SSSR count). The second-order valence-corrected chi connectivity index (χ2v) is 6.97. The van der Waals surface area contributed by atoms with Crippen LogP contribution in [0.25, 0.3) is 16.7 Å². The van der Waals surface area contributed by atoms with Crippen molar-refractivity contribution in [3.63, 3.8) is 0 Å². The number of aromatic nitrogens is 1. The topological polar surface area (TPSA) is 25.0 Å². The standard InChI is InChI=1S/C23H15ClFNO/c24-19-5-3-6-20-23(19)18(13-26-20)17-12-22(14-8-10-15(25)11-9-14)27-21-7-2-1-4-16(17)21/h1-13,17,26H. The van der Waals surface area contributed by atoms with Gasteiger partial charge < -0.3 is 9.72 Å². The number of hydrogen-bond donors (Lipinski definition) is 1. The largest absolute Gasteiger partial charge is 0.457 e. The first-order chi connectivity index (χ1) is 13.2. The highest BCUT2D eigenvalue weighted by atomic mass is 35.5. The minimum Gasteiger partial charge on any atom is -0.457 e. The van der Waals surface area contributed by atoms with Crippen LogP contribution in [0.3, 0.4) is 0 Å². The Labute approximate surface area is 160 Å². The van der Waals surface area contributed by atoms with Gasteiger partial charge in [0.2, 0.25) is 0 Å². The highest BCUT2D eigenvalue weighted by Crippen LogP contribution is 2.43. The number of aromatic amines is 1. The van der Waals surface area contributed by atoms with Gasteiger partial charge in [0, 0.05) is 34.1 Å². The predicted octanol–water partition coefficient (Wildman–Crippen LogP) is 6.53. The van der Waals surface area contributed by atoms with E-state index in [0.29, 0.717) is 10.8 Å². The number of para-hydroxylation sites is 1. The van der Waals surface area contributed by atoms with Gasteiger partial charge in [0.05, 0.1) is 5.02 Å². The molecule has 0 aliphatic carbocycles. The zero-order valence-electron chi connectivity index (χ0n) is 14.2. The van der Waals surface area contributed by atoms with E-state index in [9.17, 15) is 4.39 Å². The lowest BCUT2D eigenvalue weighted by molar-refractivity contribution is 0.492. The first kappa shape index (κ1) is 16.2. The number of benzene rings is 3. The molecule has 1 aliphatic heterocycles. The number of hydrogen-bond acceptors (Lipinski definition) is 1. The molecule has 1 unspecified atom stereocenters. The third-order valence-corrected chi connectivity index (χ3v) is 5.26. The van der Waals surface area contributed by atoms with Crippen molar-refractivity contribution < 1.29 is 9.13 Å². The van der Waals surface area contributed by atoms with Crippen LogP contribution in [0.2, 0.25) is 5.02 Å². The molecule has 132 valence electrons. The Hall–Kier alpha value is -3.04. The summed E-state index contributed by atoms with van der Waals surface area (Å²) in [7, 11) is 0. The maximum Gasteiger partial charge on any atom is 0.131 e. The molecular formula is C23H15ClFNO. The summed E-state index contributed by atoms with van der Waals surface area (Å²) in [6, 6.07) is 20.2. The van der Waals surface area contributed by atoms with Gasteiger partial charge in [-0.25, -0.2) is 4.39 Å². The average Bonchev–Trinajstić information content (AvgIpc) is 3.13. The van der Waals surface area contributed by atoms with E-state index in [2.05, 4.69) is 17.1 Å². The van der Waals surface area contributed by atoms with Gasteiger partial charge in [0.25, 0.3) is 0 Å². The number of H-pyrrole nitrogens is 1. The van der Waals surface area contributed by atoms with Crippen LogP contribution >= 0.6 is 11.6 Å². The molecule has 4 aromatic rings. The number of allylic oxidation sites excluding steroid dienone is 1. The number of rotatable bonds is 2. The fourth-order valence-corrected chi connectivity index (χ4v) is 3.95. The minimum absolute atomic E-state index is 0.0244. The summed E-state index contributed by atoms with van der Waals surface area (Å²) >= 11 is 6.51. The Morgan fingerprint density at radius 2 is 1.70 bits per heavy atom. The monoisotopic (exact) mass is 375 g/mol. The fraction of sp³-hybridized carbons (Fsp3) is 0.0435. The van der Waals surface area contributed by atoms with Gasteiger partial charge in [0.15, 0.2) is 0 Å². The van der Waals surface area contributed by atoms with E-state index in [1.807, 2.05) is 42.6 Å². The Morgan fingerprint density at radius 3 is 2.56 bits per heavy atom. The summed E-state index contributed by atoms with van der Waals surface area (Å²) in [5.74, 6) is 1.21. The Bertz CT molecular complexity index is 1180. The molecule has 0 amide bonds. The lowest BCUT2D eigenvalue weighted by Crippen LogP contribution is -2.10. The van der Waals surface area contributed by atoms with Crippen LogP contribution in [0.5, 0.6) is 5.75 Å². The van der Waals surface area contributed by atoms with E-state index < -0.39 is 0 Å². The maximum absolute atomic E-state index is 13.3. The Kier molecular flexibility index (Phi) is 3.76. The van der Waals surface area contributed by atoms with E-state index in [1.54, 1.807) is 12.1 Å². The average molecular weight is 376 g/mol. The number of fused-ring (bicyclic) bond motifs is 2. The Balaban J connectivity index is 1.72. The SMILES string of the molecule is Fc1ccc(C2=CC(c3c[nH]c4cccc(Cl)c34)c3ccccc3O2)cc1. The number of ether oxygens (including phenoxy) is 1. The first-order valence-corrected chi connectivity index (χ1v) is 9.08. The van der Waals surface area contributed by atoms with Crippen LogP contribution in [0, 0.1) is 5.82 Å². The second kappa shape index (κ2) is 6.29. The van der Waals surface area contributed by atoms with Gasteiger partial charge in [-0.1, -0.05) is 35.9 Å². The number of halogens is 2. The van der Waals surface area contributed by atoms with Crippen molar-refractivity contribution in [1.82, 2.24) is 4.98 Å². The fourth-order valence-electron chi connectivity index (χ4n) is 3.66. The van der Waals surface area contributed by atoms with Crippen molar-refractivity contribution in [2.45, 2.75) is 5.92 Å². The minimum atomic E-state index is -0.268.